The van der Waals surface area contributed by atoms with E-state index in [9.17, 15) is 9.18 Å². The number of hydrogen-bond donors (Lipinski definition) is 0. The fourth-order valence-corrected chi connectivity index (χ4v) is 8.36. The van der Waals surface area contributed by atoms with Crippen LogP contribution in [-0.2, 0) is 9.53 Å². The second-order valence-corrected chi connectivity index (χ2v) is 13.1. The SMILES string of the molecule is CC1=C2C[C@H]3[C@H](CN4CC[C@H](c5ccc(F)cc5)[C@H](COc5ccc6c(c5)OCO6)C4)C(=O)O[C@@H]3C[C@@]2(C)CCC1. The average molecular weight is 562 g/mol. The summed E-state index contributed by atoms with van der Waals surface area (Å²) < 4.78 is 37.1. The molecular formula is C34H40FNO5. The molecule has 0 bridgehead atoms. The number of likely N-dealkylation sites (tertiary alicyclic amines) is 1. The zero-order chi connectivity index (χ0) is 28.1. The normalized spacial score (nSPS) is 32.9. The Kier molecular flexibility index (Phi) is 6.96. The Labute approximate surface area is 241 Å². The van der Waals surface area contributed by atoms with Gasteiger partial charge >= 0.3 is 5.97 Å². The number of fused-ring (bicyclic) bond motifs is 3. The third-order valence-corrected chi connectivity index (χ3v) is 10.6. The summed E-state index contributed by atoms with van der Waals surface area (Å²) in [7, 11) is 0. The van der Waals surface area contributed by atoms with E-state index in [1.54, 1.807) is 17.7 Å². The van der Waals surface area contributed by atoms with Crippen molar-refractivity contribution in [2.75, 3.05) is 33.0 Å². The van der Waals surface area contributed by atoms with Crippen molar-refractivity contribution in [3.05, 3.63) is 65.0 Å². The molecule has 2 saturated heterocycles. The van der Waals surface area contributed by atoms with Gasteiger partial charge in [-0.15, -0.1) is 0 Å². The molecule has 3 aliphatic heterocycles. The number of carbonyl (C=O) groups excluding carboxylic acids is 1. The third-order valence-electron chi connectivity index (χ3n) is 10.6. The number of benzene rings is 2. The van der Waals surface area contributed by atoms with Crippen LogP contribution in [0.2, 0.25) is 0 Å². The Bertz CT molecular complexity index is 1340. The first kappa shape index (κ1) is 26.8. The van der Waals surface area contributed by atoms with Crippen LogP contribution in [0.4, 0.5) is 4.39 Å². The fourth-order valence-electron chi connectivity index (χ4n) is 8.36. The molecule has 2 aromatic carbocycles. The molecule has 0 radical (unpaired) electrons. The van der Waals surface area contributed by atoms with E-state index in [1.165, 1.54) is 24.8 Å². The lowest BCUT2D eigenvalue weighted by Crippen LogP contribution is -2.46. The number of ether oxygens (including phenoxy) is 4. The van der Waals surface area contributed by atoms with Crippen LogP contribution >= 0.6 is 0 Å². The highest BCUT2D eigenvalue weighted by molar-refractivity contribution is 5.76. The van der Waals surface area contributed by atoms with E-state index in [0.29, 0.717) is 12.4 Å². The predicted molar refractivity (Wildman–Crippen MR) is 152 cm³/mol. The Hall–Kier alpha value is -3.06. The van der Waals surface area contributed by atoms with Crippen LogP contribution in [0.15, 0.2) is 53.6 Å². The Morgan fingerprint density at radius 1 is 1.12 bits per heavy atom. The van der Waals surface area contributed by atoms with Gasteiger partial charge < -0.3 is 23.8 Å². The topological polar surface area (TPSA) is 57.2 Å². The molecule has 0 aromatic heterocycles. The van der Waals surface area contributed by atoms with E-state index in [1.807, 2.05) is 30.3 Å². The van der Waals surface area contributed by atoms with Gasteiger partial charge in [-0.2, -0.15) is 0 Å². The molecule has 41 heavy (non-hydrogen) atoms. The maximum Gasteiger partial charge on any atom is 0.310 e. The maximum atomic E-state index is 13.7. The number of nitrogens with zero attached hydrogens (tertiary/aromatic N) is 1. The van der Waals surface area contributed by atoms with Crippen molar-refractivity contribution in [3.8, 4) is 17.2 Å². The van der Waals surface area contributed by atoms with E-state index in [4.69, 9.17) is 18.9 Å². The molecule has 7 heteroatoms. The second-order valence-electron chi connectivity index (χ2n) is 13.1. The Balaban J connectivity index is 1.07. The van der Waals surface area contributed by atoms with Crippen molar-refractivity contribution < 1.29 is 28.1 Å². The molecule has 6 nitrogen and oxygen atoms in total. The zero-order valence-corrected chi connectivity index (χ0v) is 24.1. The van der Waals surface area contributed by atoms with Gasteiger partial charge in [-0.25, -0.2) is 4.39 Å². The van der Waals surface area contributed by atoms with Crippen molar-refractivity contribution in [1.29, 1.82) is 0 Å². The molecule has 7 rings (SSSR count). The lowest BCUT2D eigenvalue weighted by atomic mass is 9.59. The number of piperidine rings is 1. The van der Waals surface area contributed by atoms with E-state index < -0.39 is 0 Å². The van der Waals surface area contributed by atoms with Crippen LogP contribution in [0.3, 0.4) is 0 Å². The third kappa shape index (κ3) is 5.11. The van der Waals surface area contributed by atoms with Crippen molar-refractivity contribution in [3.63, 3.8) is 0 Å². The van der Waals surface area contributed by atoms with Crippen molar-refractivity contribution in [2.45, 2.75) is 64.4 Å². The lowest BCUT2D eigenvalue weighted by Gasteiger charge is -2.46. The quantitative estimate of drug-likeness (QED) is 0.297. The van der Waals surface area contributed by atoms with Gasteiger partial charge in [-0.05, 0) is 93.2 Å². The summed E-state index contributed by atoms with van der Waals surface area (Å²) in [4.78, 5) is 15.7. The molecule has 0 N–H and O–H groups in total. The lowest BCUT2D eigenvalue weighted by molar-refractivity contribution is -0.145. The number of carbonyl (C=O) groups is 1. The highest BCUT2D eigenvalue weighted by atomic mass is 19.1. The summed E-state index contributed by atoms with van der Waals surface area (Å²) in [5, 5.41) is 0. The Morgan fingerprint density at radius 3 is 2.80 bits per heavy atom. The number of rotatable bonds is 6. The van der Waals surface area contributed by atoms with Crippen LogP contribution < -0.4 is 14.2 Å². The first-order chi connectivity index (χ1) is 19.9. The summed E-state index contributed by atoms with van der Waals surface area (Å²) in [6, 6.07) is 12.6. The molecule has 6 atom stereocenters. The number of halogens is 1. The second kappa shape index (κ2) is 10.6. The average Bonchev–Trinajstić information content (AvgIpc) is 3.54. The molecule has 0 amide bonds. The summed E-state index contributed by atoms with van der Waals surface area (Å²) in [6.07, 6.45) is 6.54. The largest absolute Gasteiger partial charge is 0.493 e. The smallest absolute Gasteiger partial charge is 0.310 e. The minimum absolute atomic E-state index is 0.0192. The first-order valence-electron chi connectivity index (χ1n) is 15.3. The van der Waals surface area contributed by atoms with Crippen LogP contribution in [0.1, 0.15) is 63.9 Å². The zero-order valence-electron chi connectivity index (χ0n) is 24.1. The Morgan fingerprint density at radius 2 is 1.95 bits per heavy atom. The van der Waals surface area contributed by atoms with Gasteiger partial charge in [-0.1, -0.05) is 30.2 Å². The molecule has 3 heterocycles. The molecule has 1 saturated carbocycles. The highest BCUT2D eigenvalue weighted by Gasteiger charge is 2.53. The van der Waals surface area contributed by atoms with E-state index in [0.717, 1.165) is 56.0 Å². The van der Waals surface area contributed by atoms with Gasteiger partial charge in [0.1, 0.15) is 17.7 Å². The minimum Gasteiger partial charge on any atom is -0.493 e. The predicted octanol–water partition coefficient (Wildman–Crippen LogP) is 6.50. The molecule has 2 aromatic rings. The monoisotopic (exact) mass is 561 g/mol. The fraction of sp³-hybridized carbons (Fsp3) is 0.559. The van der Waals surface area contributed by atoms with Gasteiger partial charge in [0, 0.05) is 31.0 Å². The standard InChI is InChI=1S/C34H40FNO5/c1-21-4-3-12-34(2)16-32-27(15-29(21)34)28(33(37)41-32)18-36-13-11-26(22-5-7-24(35)8-6-22)23(17-36)19-38-25-9-10-30-31(14-25)40-20-39-30/h5-10,14,23,26-28,32H,3-4,11-13,15-20H2,1-2H3/t23-,26+,27-,28-,32+,34+/m0/s1. The van der Waals surface area contributed by atoms with Gasteiger partial charge in [0.25, 0.3) is 0 Å². The molecule has 2 aliphatic carbocycles. The molecule has 0 spiro atoms. The minimum atomic E-state index is -0.222. The molecule has 0 unspecified atom stereocenters. The van der Waals surface area contributed by atoms with Gasteiger partial charge in [0.05, 0.1) is 12.5 Å². The van der Waals surface area contributed by atoms with Crippen molar-refractivity contribution >= 4 is 5.97 Å². The van der Waals surface area contributed by atoms with Crippen LogP contribution in [0.5, 0.6) is 17.2 Å². The molecule has 3 fully saturated rings. The number of allylic oxidation sites excluding steroid dienone is 2. The molecule has 5 aliphatic rings. The van der Waals surface area contributed by atoms with E-state index in [2.05, 4.69) is 18.7 Å². The summed E-state index contributed by atoms with van der Waals surface area (Å²) in [5.41, 5.74) is 4.45. The van der Waals surface area contributed by atoms with Crippen LogP contribution in [-0.4, -0.2) is 50.0 Å². The first-order valence-corrected chi connectivity index (χ1v) is 15.3. The van der Waals surface area contributed by atoms with Gasteiger partial charge in [-0.3, -0.25) is 4.79 Å². The highest BCUT2D eigenvalue weighted by Crippen LogP contribution is 2.55. The van der Waals surface area contributed by atoms with Crippen LogP contribution in [0, 0.1) is 29.0 Å². The van der Waals surface area contributed by atoms with Crippen molar-refractivity contribution in [1.82, 2.24) is 4.90 Å². The van der Waals surface area contributed by atoms with E-state index in [-0.39, 0.29) is 53.8 Å². The molecule has 218 valence electrons. The van der Waals surface area contributed by atoms with Gasteiger partial charge in [0.2, 0.25) is 6.79 Å². The number of esters is 1. The van der Waals surface area contributed by atoms with Crippen molar-refractivity contribution in [2.24, 2.45) is 23.2 Å². The number of hydrogen-bond acceptors (Lipinski definition) is 6. The van der Waals surface area contributed by atoms with E-state index >= 15 is 0 Å². The summed E-state index contributed by atoms with van der Waals surface area (Å²) >= 11 is 0. The maximum absolute atomic E-state index is 13.7. The van der Waals surface area contributed by atoms with Crippen LogP contribution in [0.25, 0.3) is 0 Å². The summed E-state index contributed by atoms with van der Waals surface area (Å²) in [6.45, 7) is 7.85. The summed E-state index contributed by atoms with van der Waals surface area (Å²) in [5.74, 6) is 2.53. The molecular weight excluding hydrogens is 521 g/mol. The van der Waals surface area contributed by atoms with Gasteiger partial charge in [0.15, 0.2) is 11.5 Å².